The summed E-state index contributed by atoms with van der Waals surface area (Å²) in [5.41, 5.74) is 1.09. The van der Waals surface area contributed by atoms with E-state index in [1.165, 1.54) is 18.2 Å². The molecular formula is C19H20N2O7S. The van der Waals surface area contributed by atoms with Crippen molar-refractivity contribution in [1.82, 2.24) is 5.32 Å². The van der Waals surface area contributed by atoms with E-state index < -0.39 is 28.5 Å². The summed E-state index contributed by atoms with van der Waals surface area (Å²) in [5, 5.41) is 7.67. The first kappa shape index (κ1) is 20.6. The lowest BCUT2D eigenvalue weighted by Crippen LogP contribution is -2.30. The molecule has 0 radical (unpaired) electrons. The molecule has 0 spiro atoms. The predicted octanol–water partition coefficient (Wildman–Crippen LogP) is 0.621. The van der Waals surface area contributed by atoms with E-state index in [-0.39, 0.29) is 10.5 Å². The fraction of sp³-hybridized carbons (Fsp3) is 0.263. The monoisotopic (exact) mass is 420 g/mol. The number of esters is 1. The standard InChI is InChI=1S/C19H20N2O7S/c20-29(24,25)15-4-1-13(2-5-15)7-8-21-18(22)12-28-19(23)14-3-6-16-17(11-14)27-10-9-26-16/h1-6,11H,7-10,12H2,(H,21,22)(H2,20,24,25). The van der Waals surface area contributed by atoms with Crippen molar-refractivity contribution in [3.05, 3.63) is 53.6 Å². The molecule has 3 N–H and O–H groups in total. The molecule has 0 atom stereocenters. The Labute approximate surface area is 167 Å². The minimum Gasteiger partial charge on any atom is -0.486 e. The normalized spacial score (nSPS) is 12.9. The number of hydrogen-bond donors (Lipinski definition) is 2. The summed E-state index contributed by atoms with van der Waals surface area (Å²) in [7, 11) is -3.73. The minimum atomic E-state index is -3.73. The highest BCUT2D eigenvalue weighted by Gasteiger charge is 2.16. The molecule has 0 unspecified atom stereocenters. The van der Waals surface area contributed by atoms with Crippen LogP contribution in [0.15, 0.2) is 47.4 Å². The number of primary sulfonamides is 1. The molecule has 0 aromatic heterocycles. The van der Waals surface area contributed by atoms with Crippen LogP contribution in [-0.4, -0.2) is 46.7 Å². The van der Waals surface area contributed by atoms with Crippen molar-refractivity contribution in [3.63, 3.8) is 0 Å². The smallest absolute Gasteiger partial charge is 0.338 e. The molecule has 3 rings (SSSR count). The Morgan fingerprint density at radius 3 is 2.41 bits per heavy atom. The molecule has 1 aliphatic rings. The SMILES string of the molecule is NS(=O)(=O)c1ccc(CCNC(=O)COC(=O)c2ccc3c(c2)OCCO3)cc1. The maximum Gasteiger partial charge on any atom is 0.338 e. The Morgan fingerprint density at radius 1 is 1.03 bits per heavy atom. The number of nitrogens with two attached hydrogens (primary N) is 1. The largest absolute Gasteiger partial charge is 0.486 e. The highest BCUT2D eigenvalue weighted by atomic mass is 32.2. The van der Waals surface area contributed by atoms with Gasteiger partial charge >= 0.3 is 5.97 Å². The lowest BCUT2D eigenvalue weighted by molar-refractivity contribution is -0.124. The first-order valence-corrected chi connectivity index (χ1v) is 10.3. The van der Waals surface area contributed by atoms with Gasteiger partial charge in [-0.1, -0.05) is 12.1 Å². The topological polar surface area (TPSA) is 134 Å². The van der Waals surface area contributed by atoms with E-state index in [0.717, 1.165) is 5.56 Å². The zero-order valence-electron chi connectivity index (χ0n) is 15.4. The van der Waals surface area contributed by atoms with E-state index in [1.807, 2.05) is 0 Å². The summed E-state index contributed by atoms with van der Waals surface area (Å²) in [4.78, 5) is 24.0. The number of carbonyl (C=O) groups is 2. The first-order chi connectivity index (χ1) is 13.8. The third-order valence-corrected chi connectivity index (χ3v) is 5.03. The molecule has 9 nitrogen and oxygen atoms in total. The molecular weight excluding hydrogens is 400 g/mol. The number of benzene rings is 2. The van der Waals surface area contributed by atoms with Crippen molar-refractivity contribution < 1.29 is 32.2 Å². The van der Waals surface area contributed by atoms with Gasteiger partial charge < -0.3 is 19.5 Å². The highest BCUT2D eigenvalue weighted by Crippen LogP contribution is 2.30. The van der Waals surface area contributed by atoms with Crippen molar-refractivity contribution >= 4 is 21.9 Å². The molecule has 0 fully saturated rings. The minimum absolute atomic E-state index is 0.0244. The third-order valence-electron chi connectivity index (χ3n) is 4.10. The predicted molar refractivity (Wildman–Crippen MR) is 102 cm³/mol. The van der Waals surface area contributed by atoms with Crippen LogP contribution in [0.1, 0.15) is 15.9 Å². The second kappa shape index (κ2) is 8.93. The van der Waals surface area contributed by atoms with E-state index in [1.54, 1.807) is 24.3 Å². The molecule has 1 heterocycles. The van der Waals surface area contributed by atoms with Crippen molar-refractivity contribution in [2.75, 3.05) is 26.4 Å². The zero-order chi connectivity index (χ0) is 20.9. The van der Waals surface area contributed by atoms with Gasteiger partial charge in [-0.3, -0.25) is 4.79 Å². The number of carbonyl (C=O) groups excluding carboxylic acids is 2. The van der Waals surface area contributed by atoms with Crippen LogP contribution < -0.4 is 19.9 Å². The Hall–Kier alpha value is -3.11. The zero-order valence-corrected chi connectivity index (χ0v) is 16.2. The van der Waals surface area contributed by atoms with Crippen LogP contribution in [-0.2, 0) is 26.0 Å². The Morgan fingerprint density at radius 2 is 1.72 bits per heavy atom. The number of fused-ring (bicyclic) bond motifs is 1. The van der Waals surface area contributed by atoms with Gasteiger partial charge in [0.15, 0.2) is 18.1 Å². The van der Waals surface area contributed by atoms with Crippen molar-refractivity contribution in [1.29, 1.82) is 0 Å². The van der Waals surface area contributed by atoms with Gasteiger partial charge in [-0.05, 0) is 42.3 Å². The molecule has 29 heavy (non-hydrogen) atoms. The van der Waals surface area contributed by atoms with Gasteiger partial charge in [0.05, 0.1) is 10.5 Å². The average Bonchev–Trinajstić information content (AvgIpc) is 2.71. The van der Waals surface area contributed by atoms with Crippen LogP contribution in [0.2, 0.25) is 0 Å². The maximum atomic E-state index is 12.1. The third kappa shape index (κ3) is 5.69. The van der Waals surface area contributed by atoms with E-state index in [0.29, 0.717) is 37.7 Å². The van der Waals surface area contributed by atoms with Gasteiger partial charge in [-0.25, -0.2) is 18.4 Å². The number of nitrogens with one attached hydrogen (secondary N) is 1. The second-order valence-corrected chi connectivity index (χ2v) is 7.78. The van der Waals surface area contributed by atoms with Crippen LogP contribution >= 0.6 is 0 Å². The van der Waals surface area contributed by atoms with Gasteiger partial charge in [0.2, 0.25) is 10.0 Å². The number of rotatable bonds is 7. The summed E-state index contributed by atoms with van der Waals surface area (Å²) in [5.74, 6) is -0.0704. The first-order valence-electron chi connectivity index (χ1n) is 8.78. The molecule has 1 aliphatic heterocycles. The average molecular weight is 420 g/mol. The molecule has 1 amide bonds. The van der Waals surface area contributed by atoms with Gasteiger partial charge in [-0.15, -0.1) is 0 Å². The number of ether oxygens (including phenoxy) is 3. The van der Waals surface area contributed by atoms with Crippen LogP contribution in [0.5, 0.6) is 11.5 Å². The Balaban J connectivity index is 1.42. The molecule has 2 aromatic carbocycles. The quantitative estimate of drug-likeness (QED) is 0.627. The van der Waals surface area contributed by atoms with Gasteiger partial charge in [-0.2, -0.15) is 0 Å². The van der Waals surface area contributed by atoms with E-state index in [2.05, 4.69) is 5.32 Å². The maximum absolute atomic E-state index is 12.1. The van der Waals surface area contributed by atoms with Crippen LogP contribution in [0.25, 0.3) is 0 Å². The molecule has 154 valence electrons. The highest BCUT2D eigenvalue weighted by molar-refractivity contribution is 7.89. The fourth-order valence-electron chi connectivity index (χ4n) is 2.63. The molecule has 0 aliphatic carbocycles. The second-order valence-electron chi connectivity index (χ2n) is 6.22. The summed E-state index contributed by atoms with van der Waals surface area (Å²) in [6.07, 6.45) is 0.479. The lowest BCUT2D eigenvalue weighted by Gasteiger charge is -2.18. The summed E-state index contributed by atoms with van der Waals surface area (Å²) in [6, 6.07) is 10.7. The van der Waals surface area contributed by atoms with E-state index in [4.69, 9.17) is 19.3 Å². The van der Waals surface area contributed by atoms with Crippen LogP contribution in [0, 0.1) is 0 Å². The Bertz CT molecular complexity index is 1000. The fourth-order valence-corrected chi connectivity index (χ4v) is 3.14. The summed E-state index contributed by atoms with van der Waals surface area (Å²) < 4.78 is 38.2. The summed E-state index contributed by atoms with van der Waals surface area (Å²) in [6.45, 7) is 0.735. The van der Waals surface area contributed by atoms with Crippen molar-refractivity contribution in [3.8, 4) is 11.5 Å². The molecule has 0 bridgehead atoms. The van der Waals surface area contributed by atoms with Gasteiger partial charge in [0.1, 0.15) is 13.2 Å². The van der Waals surface area contributed by atoms with Gasteiger partial charge in [0, 0.05) is 6.54 Å². The number of hydrogen-bond acceptors (Lipinski definition) is 7. The van der Waals surface area contributed by atoms with Crippen molar-refractivity contribution in [2.24, 2.45) is 5.14 Å². The molecule has 10 heteroatoms. The molecule has 0 saturated heterocycles. The molecule has 2 aromatic rings. The van der Waals surface area contributed by atoms with E-state index in [9.17, 15) is 18.0 Å². The Kier molecular flexibility index (Phi) is 6.35. The van der Waals surface area contributed by atoms with Gasteiger partial charge in [0.25, 0.3) is 5.91 Å². The van der Waals surface area contributed by atoms with Crippen LogP contribution in [0.3, 0.4) is 0 Å². The number of amides is 1. The number of sulfonamides is 1. The van der Waals surface area contributed by atoms with Crippen molar-refractivity contribution in [2.45, 2.75) is 11.3 Å². The van der Waals surface area contributed by atoms with E-state index >= 15 is 0 Å². The summed E-state index contributed by atoms with van der Waals surface area (Å²) >= 11 is 0. The molecule has 0 saturated carbocycles. The van der Waals surface area contributed by atoms with Crippen LogP contribution in [0.4, 0.5) is 0 Å². The lowest BCUT2D eigenvalue weighted by atomic mass is 10.1.